The number of nitrogens with zero attached hydrogens (tertiary/aromatic N) is 2. The maximum Gasteiger partial charge on any atom is 0.333 e. The molecule has 0 aromatic heterocycles. The van der Waals surface area contributed by atoms with E-state index in [1.807, 2.05) is 0 Å². The van der Waals surface area contributed by atoms with Crippen molar-refractivity contribution in [3.05, 3.63) is 88.5 Å². The van der Waals surface area contributed by atoms with Crippen LogP contribution in [0.25, 0.3) is 0 Å². The van der Waals surface area contributed by atoms with Gasteiger partial charge in [0.25, 0.3) is 5.69 Å². The first-order valence-corrected chi connectivity index (χ1v) is 12.9. The Morgan fingerprint density at radius 1 is 0.902 bits per heavy atom. The van der Waals surface area contributed by atoms with E-state index in [1.165, 1.54) is 26.0 Å². The molecule has 0 aliphatic carbocycles. The summed E-state index contributed by atoms with van der Waals surface area (Å²) in [6, 6.07) is 13.3. The van der Waals surface area contributed by atoms with Gasteiger partial charge in [0.2, 0.25) is 0 Å². The number of nitro benzene ring substituents is 1. The number of carbonyl (C=O) groups is 3. The van der Waals surface area contributed by atoms with Gasteiger partial charge in [-0.05, 0) is 75.1 Å². The zero-order chi connectivity index (χ0) is 30.2. The zero-order valence-electron chi connectivity index (χ0n) is 23.2. The monoisotopic (exact) mass is 566 g/mol. The van der Waals surface area contributed by atoms with E-state index >= 15 is 0 Å². The highest BCUT2D eigenvalue weighted by Crippen LogP contribution is 2.19. The van der Waals surface area contributed by atoms with Crippen molar-refractivity contribution in [2.75, 3.05) is 19.8 Å². The summed E-state index contributed by atoms with van der Waals surface area (Å²) in [4.78, 5) is 50.2. The van der Waals surface area contributed by atoms with Crippen molar-refractivity contribution < 1.29 is 38.3 Å². The van der Waals surface area contributed by atoms with Gasteiger partial charge in [0.05, 0.1) is 17.2 Å². The fourth-order valence-electron chi connectivity index (χ4n) is 3.14. The molecule has 0 heterocycles. The molecule has 0 aliphatic heterocycles. The maximum absolute atomic E-state index is 12.3. The Morgan fingerprint density at radius 2 is 1.49 bits per heavy atom. The second kappa shape index (κ2) is 17.0. The molecule has 0 amide bonds. The zero-order valence-corrected chi connectivity index (χ0v) is 23.2. The van der Waals surface area contributed by atoms with Crippen molar-refractivity contribution in [3.8, 4) is 5.75 Å². The standard InChI is InChI=1S/C30H34N2O9/c1-21(2)29(34)39-19-27(20-40-30(35)22(3)4)41-28(33)8-6-5-7-17-38-26-15-11-24(12-16-26)31-18-23-9-13-25(14-10-23)32(36)37/h9-16,18,27H,1,3,5-8,17,19-20H2,2,4H3. The van der Waals surface area contributed by atoms with E-state index in [2.05, 4.69) is 18.2 Å². The fourth-order valence-corrected chi connectivity index (χ4v) is 3.14. The number of carbonyl (C=O) groups excluding carboxylic acids is 3. The number of non-ortho nitro benzene ring substituents is 1. The number of esters is 3. The summed E-state index contributed by atoms with van der Waals surface area (Å²) in [5.74, 6) is -1.10. The molecule has 11 nitrogen and oxygen atoms in total. The molecule has 0 atom stereocenters. The molecule has 0 N–H and O–H groups in total. The summed E-state index contributed by atoms with van der Waals surface area (Å²) in [6.45, 7) is 9.89. The third-order valence-corrected chi connectivity index (χ3v) is 5.39. The third kappa shape index (κ3) is 12.7. The third-order valence-electron chi connectivity index (χ3n) is 5.39. The van der Waals surface area contributed by atoms with Crippen LogP contribution in [-0.4, -0.2) is 55.0 Å². The van der Waals surface area contributed by atoms with Gasteiger partial charge in [-0.2, -0.15) is 0 Å². The van der Waals surface area contributed by atoms with E-state index in [-0.39, 0.29) is 36.5 Å². The number of hydrogen-bond donors (Lipinski definition) is 0. The first kappa shape index (κ1) is 32.4. The Labute approximate surface area is 238 Å². The van der Waals surface area contributed by atoms with Gasteiger partial charge in [-0.3, -0.25) is 19.9 Å². The minimum atomic E-state index is -0.945. The smallest absolute Gasteiger partial charge is 0.333 e. The quantitative estimate of drug-likeness (QED) is 0.0465. The van der Waals surface area contributed by atoms with Crippen molar-refractivity contribution in [3.63, 3.8) is 0 Å². The van der Waals surface area contributed by atoms with E-state index < -0.39 is 28.9 Å². The average molecular weight is 567 g/mol. The van der Waals surface area contributed by atoms with Crippen molar-refractivity contribution in [1.29, 1.82) is 0 Å². The van der Waals surface area contributed by atoms with Crippen LogP contribution in [0.2, 0.25) is 0 Å². The Morgan fingerprint density at radius 3 is 2.02 bits per heavy atom. The summed E-state index contributed by atoms with van der Waals surface area (Å²) in [5, 5.41) is 10.7. The molecule has 2 aromatic carbocycles. The summed E-state index contributed by atoms with van der Waals surface area (Å²) < 4.78 is 21.1. The van der Waals surface area contributed by atoms with Crippen molar-refractivity contribution in [2.24, 2.45) is 4.99 Å². The van der Waals surface area contributed by atoms with Crippen LogP contribution in [-0.2, 0) is 28.6 Å². The summed E-state index contributed by atoms with van der Waals surface area (Å²) in [5.41, 5.74) is 1.86. The van der Waals surface area contributed by atoms with E-state index in [1.54, 1.807) is 42.6 Å². The number of ether oxygens (including phenoxy) is 4. The van der Waals surface area contributed by atoms with Crippen LogP contribution in [0.5, 0.6) is 5.75 Å². The van der Waals surface area contributed by atoms with Gasteiger partial charge in [0.1, 0.15) is 19.0 Å². The molecule has 41 heavy (non-hydrogen) atoms. The number of rotatable bonds is 17. The molecule has 0 saturated carbocycles. The predicted octanol–water partition coefficient (Wildman–Crippen LogP) is 5.44. The summed E-state index contributed by atoms with van der Waals surface area (Å²) in [6.07, 6.45) is 2.80. The molecule has 0 fully saturated rings. The number of aliphatic imine (C=N–C) groups is 1. The van der Waals surface area contributed by atoms with Crippen LogP contribution in [0.4, 0.5) is 11.4 Å². The van der Waals surface area contributed by atoms with E-state index in [4.69, 9.17) is 18.9 Å². The first-order valence-electron chi connectivity index (χ1n) is 12.9. The summed E-state index contributed by atoms with van der Waals surface area (Å²) >= 11 is 0. The Kier molecular flexibility index (Phi) is 13.4. The average Bonchev–Trinajstić information content (AvgIpc) is 2.95. The fraction of sp³-hybridized carbons (Fsp3) is 0.333. The normalized spacial score (nSPS) is 10.7. The summed E-state index contributed by atoms with van der Waals surface area (Å²) in [7, 11) is 0. The van der Waals surface area contributed by atoms with Crippen LogP contribution in [0.1, 0.15) is 45.1 Å². The van der Waals surface area contributed by atoms with E-state index in [0.29, 0.717) is 37.3 Å². The first-order chi connectivity index (χ1) is 19.5. The molecule has 0 spiro atoms. The van der Waals surface area contributed by atoms with Crippen LogP contribution in [0, 0.1) is 10.1 Å². The van der Waals surface area contributed by atoms with Crippen LogP contribution < -0.4 is 4.74 Å². The molecule has 2 rings (SSSR count). The molecule has 218 valence electrons. The number of benzene rings is 2. The molecule has 0 bridgehead atoms. The van der Waals surface area contributed by atoms with Gasteiger partial charge in [-0.25, -0.2) is 9.59 Å². The van der Waals surface area contributed by atoms with Gasteiger partial charge in [-0.1, -0.05) is 13.2 Å². The lowest BCUT2D eigenvalue weighted by molar-refractivity contribution is -0.384. The Bertz CT molecular complexity index is 1220. The molecular formula is C30H34N2O9. The van der Waals surface area contributed by atoms with Crippen molar-refractivity contribution in [1.82, 2.24) is 0 Å². The Hall–Kier alpha value is -4.80. The van der Waals surface area contributed by atoms with E-state index in [9.17, 15) is 24.5 Å². The highest BCUT2D eigenvalue weighted by Gasteiger charge is 2.20. The van der Waals surface area contributed by atoms with Gasteiger partial charge < -0.3 is 18.9 Å². The van der Waals surface area contributed by atoms with Crippen LogP contribution in [0.3, 0.4) is 0 Å². The lowest BCUT2D eigenvalue weighted by Gasteiger charge is -2.18. The second-order valence-electron chi connectivity index (χ2n) is 9.13. The van der Waals surface area contributed by atoms with Crippen LogP contribution in [0.15, 0.2) is 77.8 Å². The minimum absolute atomic E-state index is 0.0230. The number of nitro groups is 1. The number of unbranched alkanes of at least 4 members (excludes halogenated alkanes) is 2. The lowest BCUT2D eigenvalue weighted by Crippen LogP contribution is -2.31. The molecule has 11 heteroatoms. The molecule has 0 aliphatic rings. The molecule has 0 radical (unpaired) electrons. The van der Waals surface area contributed by atoms with Gasteiger partial charge >= 0.3 is 17.9 Å². The van der Waals surface area contributed by atoms with Gasteiger partial charge in [0.15, 0.2) is 6.10 Å². The maximum atomic E-state index is 12.3. The van der Waals surface area contributed by atoms with Crippen molar-refractivity contribution in [2.45, 2.75) is 45.6 Å². The molecule has 2 aromatic rings. The van der Waals surface area contributed by atoms with Crippen molar-refractivity contribution >= 4 is 35.5 Å². The highest BCUT2D eigenvalue weighted by molar-refractivity contribution is 5.87. The van der Waals surface area contributed by atoms with Crippen LogP contribution >= 0.6 is 0 Å². The SMILES string of the molecule is C=C(C)C(=O)OCC(COC(=O)C(=C)C)OC(=O)CCCCCOc1ccc(N=Cc2ccc([N+](=O)[O-])cc2)cc1. The topological polar surface area (TPSA) is 144 Å². The molecular weight excluding hydrogens is 532 g/mol. The molecule has 0 saturated heterocycles. The minimum Gasteiger partial charge on any atom is -0.494 e. The van der Waals surface area contributed by atoms with E-state index in [0.717, 1.165) is 5.56 Å². The second-order valence-corrected chi connectivity index (χ2v) is 9.13. The van der Waals surface area contributed by atoms with Gasteiger partial charge in [-0.15, -0.1) is 0 Å². The molecule has 0 unspecified atom stereocenters. The largest absolute Gasteiger partial charge is 0.494 e. The van der Waals surface area contributed by atoms with Gasteiger partial charge in [0, 0.05) is 35.9 Å². The Balaban J connectivity index is 1.69. The highest BCUT2D eigenvalue weighted by atomic mass is 16.6. The lowest BCUT2D eigenvalue weighted by atomic mass is 10.2. The predicted molar refractivity (Wildman–Crippen MR) is 152 cm³/mol. The number of hydrogen-bond acceptors (Lipinski definition) is 10.